The van der Waals surface area contributed by atoms with Gasteiger partial charge in [-0.15, -0.1) is 11.3 Å². The molecule has 1 aromatic carbocycles. The molecule has 0 amide bonds. The molecule has 0 radical (unpaired) electrons. The number of carbonyl (C=O) groups is 1. The Morgan fingerprint density at radius 1 is 1.32 bits per heavy atom. The molecule has 1 aromatic heterocycles. The Morgan fingerprint density at radius 2 is 2.11 bits per heavy atom. The van der Waals surface area contributed by atoms with Crippen molar-refractivity contribution in [2.24, 2.45) is 0 Å². The number of hydrogen-bond donors (Lipinski definition) is 0. The number of rotatable bonds is 1. The van der Waals surface area contributed by atoms with Crippen LogP contribution < -0.4 is 4.74 Å². The zero-order valence-corrected chi connectivity index (χ0v) is 14.2. The quantitative estimate of drug-likeness (QED) is 0.595. The molecule has 0 saturated carbocycles. The van der Waals surface area contributed by atoms with E-state index in [9.17, 15) is 4.79 Å². The summed E-state index contributed by atoms with van der Waals surface area (Å²) >= 11 is 14.4. The van der Waals surface area contributed by atoms with E-state index in [4.69, 9.17) is 16.3 Å². The van der Waals surface area contributed by atoms with Crippen molar-refractivity contribution >= 4 is 60.6 Å². The fourth-order valence-corrected chi connectivity index (χ4v) is 4.27. The van der Waals surface area contributed by atoms with Crippen molar-refractivity contribution in [1.29, 1.82) is 0 Å². The maximum Gasteiger partial charge on any atom is 0.170 e. The van der Waals surface area contributed by atoms with Crippen LogP contribution in [0.1, 0.15) is 27.8 Å². The molecule has 0 fully saturated rings. The molecule has 0 N–H and O–H groups in total. The van der Waals surface area contributed by atoms with Crippen LogP contribution in [0.3, 0.4) is 0 Å². The number of Topliss-reactive ketones (excluding diaryl/α,β-unsaturated/α-hetero) is 1. The van der Waals surface area contributed by atoms with E-state index in [1.807, 2.05) is 6.07 Å². The van der Waals surface area contributed by atoms with Crippen molar-refractivity contribution in [3.05, 3.63) is 48.0 Å². The number of carbonyl (C=O) groups excluding carboxylic acids is 1. The first-order valence-corrected chi connectivity index (χ1v) is 8.27. The molecule has 1 atom stereocenters. The van der Waals surface area contributed by atoms with E-state index < -0.39 is 0 Å². The summed E-state index contributed by atoms with van der Waals surface area (Å²) in [5.74, 6) is 0.667. The predicted molar refractivity (Wildman–Crippen MR) is 83.5 cm³/mol. The fourth-order valence-electron chi connectivity index (χ4n) is 1.98. The smallest absolute Gasteiger partial charge is 0.170 e. The minimum absolute atomic E-state index is 0.0643. The van der Waals surface area contributed by atoms with Gasteiger partial charge in [0.25, 0.3) is 0 Å². The highest BCUT2D eigenvalue weighted by Gasteiger charge is 2.29. The third-order valence-electron chi connectivity index (χ3n) is 2.86. The molecular weight excluding hydrogens is 415 g/mol. The Balaban J connectivity index is 1.97. The fraction of sp³-hybridized carbons (Fsp3) is 0.154. The van der Waals surface area contributed by atoms with Crippen LogP contribution in [0, 0.1) is 0 Å². The summed E-state index contributed by atoms with van der Waals surface area (Å²) in [6, 6.07) is 7.12. The summed E-state index contributed by atoms with van der Waals surface area (Å²) in [5, 5.41) is 0.552. The van der Waals surface area contributed by atoms with Crippen LogP contribution in [-0.4, -0.2) is 5.78 Å². The largest absolute Gasteiger partial charge is 0.484 e. The maximum absolute atomic E-state index is 12.2. The highest BCUT2D eigenvalue weighted by molar-refractivity contribution is 9.13. The molecule has 19 heavy (non-hydrogen) atoms. The van der Waals surface area contributed by atoms with Gasteiger partial charge in [-0.2, -0.15) is 0 Å². The van der Waals surface area contributed by atoms with Crippen molar-refractivity contribution in [2.75, 3.05) is 0 Å². The normalized spacial score (nSPS) is 18.1. The van der Waals surface area contributed by atoms with Gasteiger partial charge in [0.05, 0.1) is 15.8 Å². The lowest BCUT2D eigenvalue weighted by Crippen LogP contribution is -2.19. The van der Waals surface area contributed by atoms with Crippen molar-refractivity contribution in [2.45, 2.75) is 12.5 Å². The van der Waals surface area contributed by atoms with E-state index in [1.165, 1.54) is 0 Å². The van der Waals surface area contributed by atoms with Crippen LogP contribution in [0.25, 0.3) is 0 Å². The van der Waals surface area contributed by atoms with Crippen LogP contribution in [-0.2, 0) is 0 Å². The highest BCUT2D eigenvalue weighted by Crippen LogP contribution is 2.42. The molecule has 0 saturated heterocycles. The summed E-state index contributed by atoms with van der Waals surface area (Å²) in [6.45, 7) is 0. The Kier molecular flexibility index (Phi) is 3.73. The second-order valence-electron chi connectivity index (χ2n) is 4.14. The summed E-state index contributed by atoms with van der Waals surface area (Å²) in [6.07, 6.45) is 0.112. The second-order valence-corrected chi connectivity index (χ2v) is 7.84. The number of fused-ring (bicyclic) bond motifs is 1. The molecule has 0 aliphatic carbocycles. The van der Waals surface area contributed by atoms with E-state index in [-0.39, 0.29) is 11.9 Å². The van der Waals surface area contributed by atoms with Gasteiger partial charge in [0, 0.05) is 14.4 Å². The number of ketones is 1. The average Bonchev–Trinajstić information content (AvgIpc) is 2.70. The van der Waals surface area contributed by atoms with Crippen molar-refractivity contribution in [3.8, 4) is 5.75 Å². The van der Waals surface area contributed by atoms with E-state index in [2.05, 4.69) is 31.9 Å². The van der Waals surface area contributed by atoms with Gasteiger partial charge >= 0.3 is 0 Å². The molecule has 1 unspecified atom stereocenters. The van der Waals surface area contributed by atoms with Crippen LogP contribution in [0.4, 0.5) is 0 Å². The van der Waals surface area contributed by atoms with Gasteiger partial charge in [0.15, 0.2) is 5.78 Å². The van der Waals surface area contributed by atoms with E-state index >= 15 is 0 Å². The molecule has 98 valence electrons. The van der Waals surface area contributed by atoms with Gasteiger partial charge in [0.1, 0.15) is 11.9 Å². The minimum atomic E-state index is -0.228. The number of hydrogen-bond acceptors (Lipinski definition) is 3. The van der Waals surface area contributed by atoms with Crippen molar-refractivity contribution in [1.82, 2.24) is 0 Å². The van der Waals surface area contributed by atoms with Gasteiger partial charge in [-0.1, -0.05) is 11.6 Å². The number of benzene rings is 1. The molecule has 0 bridgehead atoms. The Morgan fingerprint density at radius 3 is 2.79 bits per heavy atom. The lowest BCUT2D eigenvalue weighted by Gasteiger charge is -2.24. The minimum Gasteiger partial charge on any atom is -0.484 e. The van der Waals surface area contributed by atoms with Crippen molar-refractivity contribution < 1.29 is 9.53 Å². The molecule has 6 heteroatoms. The molecule has 0 spiro atoms. The molecular formula is C13H7Br2ClO2S. The first-order valence-electron chi connectivity index (χ1n) is 5.49. The van der Waals surface area contributed by atoms with Crippen LogP contribution in [0.5, 0.6) is 5.75 Å². The zero-order chi connectivity index (χ0) is 13.6. The molecule has 3 rings (SSSR count). The van der Waals surface area contributed by atoms with Gasteiger partial charge in [-0.05, 0) is 56.1 Å². The summed E-state index contributed by atoms with van der Waals surface area (Å²) < 4.78 is 7.88. The topological polar surface area (TPSA) is 26.3 Å². The summed E-state index contributed by atoms with van der Waals surface area (Å²) in [7, 11) is 0. The first kappa shape index (κ1) is 13.6. The molecule has 1 aliphatic heterocycles. The van der Waals surface area contributed by atoms with Gasteiger partial charge in [0.2, 0.25) is 0 Å². The highest BCUT2D eigenvalue weighted by atomic mass is 79.9. The third kappa shape index (κ3) is 2.61. The Labute approximate surface area is 136 Å². The number of ether oxygens (including phenoxy) is 1. The van der Waals surface area contributed by atoms with Crippen LogP contribution in [0.15, 0.2) is 32.5 Å². The van der Waals surface area contributed by atoms with Crippen molar-refractivity contribution in [3.63, 3.8) is 0 Å². The molecule has 2 nitrogen and oxygen atoms in total. The molecule has 1 aliphatic rings. The predicted octanol–water partition coefficient (Wildman–Crippen LogP) is 5.63. The van der Waals surface area contributed by atoms with Gasteiger partial charge in [-0.3, -0.25) is 4.79 Å². The third-order valence-corrected chi connectivity index (χ3v) is 6.45. The number of halogens is 3. The Hall–Kier alpha value is -0.360. The summed E-state index contributed by atoms with van der Waals surface area (Å²) in [5.41, 5.74) is 0.568. The molecule has 2 aromatic rings. The van der Waals surface area contributed by atoms with Gasteiger partial charge < -0.3 is 4.74 Å². The van der Waals surface area contributed by atoms with E-state index in [1.54, 1.807) is 29.5 Å². The van der Waals surface area contributed by atoms with Gasteiger partial charge in [-0.25, -0.2) is 0 Å². The number of thiophene rings is 1. The van der Waals surface area contributed by atoms with E-state index in [0.717, 1.165) is 13.1 Å². The monoisotopic (exact) mass is 420 g/mol. The van der Waals surface area contributed by atoms with E-state index in [0.29, 0.717) is 22.8 Å². The maximum atomic E-state index is 12.2. The summed E-state index contributed by atoms with van der Waals surface area (Å²) in [4.78, 5) is 13.2. The Bertz CT molecular complexity index is 649. The molecule has 2 heterocycles. The lowest BCUT2D eigenvalue weighted by molar-refractivity contribution is 0.0854. The first-order chi connectivity index (χ1) is 9.04. The second kappa shape index (κ2) is 5.20. The SMILES string of the molecule is O=C1CC(c2cc(Br)c(Br)s2)Oc2ccc(Cl)cc21. The zero-order valence-electron chi connectivity index (χ0n) is 9.45. The van der Waals surface area contributed by atoms with Crippen LogP contribution in [0.2, 0.25) is 5.02 Å². The van der Waals surface area contributed by atoms with Crippen LogP contribution >= 0.6 is 54.8 Å². The lowest BCUT2D eigenvalue weighted by atomic mass is 10.00. The standard InChI is InChI=1S/C13H7Br2ClO2S/c14-8-4-12(19-13(8)15)11-5-9(17)7-3-6(16)1-2-10(7)18-11/h1-4,11H,5H2. The average molecular weight is 423 g/mol.